The van der Waals surface area contributed by atoms with Gasteiger partial charge in [-0.3, -0.25) is 4.79 Å². The molecule has 3 N–H and O–H groups in total. The van der Waals surface area contributed by atoms with Crippen molar-refractivity contribution in [1.82, 2.24) is 10.6 Å². The van der Waals surface area contributed by atoms with Crippen molar-refractivity contribution in [1.29, 1.82) is 0 Å². The van der Waals surface area contributed by atoms with Crippen molar-refractivity contribution in [2.45, 2.75) is 37.0 Å². The predicted octanol–water partition coefficient (Wildman–Crippen LogP) is 2.29. The number of alkyl carbamates (subject to hydrolysis) is 1. The molecule has 0 spiro atoms. The molecule has 2 fully saturated rings. The zero-order chi connectivity index (χ0) is 24.4. The Labute approximate surface area is 202 Å². The van der Waals surface area contributed by atoms with E-state index in [2.05, 4.69) is 34.9 Å². The van der Waals surface area contributed by atoms with Crippen molar-refractivity contribution in [3.8, 4) is 11.1 Å². The summed E-state index contributed by atoms with van der Waals surface area (Å²) in [6, 6.07) is 15.7. The molecule has 0 saturated carbocycles. The van der Waals surface area contributed by atoms with Gasteiger partial charge in [-0.25, -0.2) is 9.59 Å². The normalized spacial score (nSPS) is 25.0. The third-order valence-corrected chi connectivity index (χ3v) is 6.99. The van der Waals surface area contributed by atoms with Crippen LogP contribution in [-0.2, 0) is 23.8 Å². The van der Waals surface area contributed by atoms with Crippen molar-refractivity contribution >= 4 is 18.0 Å². The SMILES string of the molecule is O=C(NC1CCOC1C(=O)NC[C@@H]1CCO[C@@H]1C(=O)O)OCC1c2ccccc2-c2ccccc21. The van der Waals surface area contributed by atoms with Gasteiger partial charge in [-0.2, -0.15) is 0 Å². The highest BCUT2D eigenvalue weighted by Crippen LogP contribution is 2.44. The van der Waals surface area contributed by atoms with Crippen LogP contribution in [-0.4, -0.2) is 67.7 Å². The van der Waals surface area contributed by atoms with Gasteiger partial charge in [0.1, 0.15) is 6.61 Å². The number of aliphatic carboxylic acids is 1. The van der Waals surface area contributed by atoms with Crippen LogP contribution in [0.25, 0.3) is 11.1 Å². The molecule has 0 bridgehead atoms. The summed E-state index contributed by atoms with van der Waals surface area (Å²) >= 11 is 0. The van der Waals surface area contributed by atoms with Crippen molar-refractivity contribution in [2.75, 3.05) is 26.4 Å². The molecule has 2 heterocycles. The van der Waals surface area contributed by atoms with Gasteiger partial charge in [0.05, 0.1) is 6.04 Å². The van der Waals surface area contributed by atoms with E-state index in [-0.39, 0.29) is 30.9 Å². The first kappa shape index (κ1) is 23.3. The molecule has 4 atom stereocenters. The van der Waals surface area contributed by atoms with Crippen molar-refractivity contribution in [2.24, 2.45) is 5.92 Å². The van der Waals surface area contributed by atoms with Gasteiger partial charge in [0.25, 0.3) is 5.91 Å². The van der Waals surface area contributed by atoms with Gasteiger partial charge in [0.2, 0.25) is 0 Å². The lowest BCUT2D eigenvalue weighted by Crippen LogP contribution is -2.49. The zero-order valence-corrected chi connectivity index (χ0v) is 19.1. The number of ether oxygens (including phenoxy) is 3. The van der Waals surface area contributed by atoms with Crippen LogP contribution in [0, 0.1) is 5.92 Å². The second kappa shape index (κ2) is 10.1. The van der Waals surface area contributed by atoms with E-state index in [9.17, 15) is 19.5 Å². The zero-order valence-electron chi connectivity index (χ0n) is 19.1. The Morgan fingerprint density at radius 2 is 1.54 bits per heavy atom. The van der Waals surface area contributed by atoms with Gasteiger partial charge in [-0.1, -0.05) is 48.5 Å². The maximum atomic E-state index is 12.7. The molecule has 184 valence electrons. The number of hydrogen-bond donors (Lipinski definition) is 3. The monoisotopic (exact) mass is 480 g/mol. The molecule has 2 amide bonds. The van der Waals surface area contributed by atoms with Gasteiger partial charge in [0.15, 0.2) is 12.2 Å². The third-order valence-electron chi connectivity index (χ3n) is 6.99. The summed E-state index contributed by atoms with van der Waals surface area (Å²) in [5, 5.41) is 14.7. The second-order valence-electron chi connectivity index (χ2n) is 9.08. The van der Waals surface area contributed by atoms with E-state index < -0.39 is 30.3 Å². The maximum absolute atomic E-state index is 12.7. The molecular weight excluding hydrogens is 452 g/mol. The molecule has 0 radical (unpaired) electrons. The number of hydrogen-bond acceptors (Lipinski definition) is 6. The number of carboxylic acids is 1. The summed E-state index contributed by atoms with van der Waals surface area (Å²) in [5.41, 5.74) is 4.55. The maximum Gasteiger partial charge on any atom is 0.407 e. The predicted molar refractivity (Wildman–Crippen MR) is 125 cm³/mol. The summed E-state index contributed by atoms with van der Waals surface area (Å²) in [6.45, 7) is 1.04. The number of benzene rings is 2. The number of carboxylic acid groups (broad SMARTS) is 1. The van der Waals surface area contributed by atoms with Crippen molar-refractivity contribution in [3.05, 3.63) is 59.7 Å². The minimum absolute atomic E-state index is 0.0529. The van der Waals surface area contributed by atoms with Crippen molar-refractivity contribution in [3.63, 3.8) is 0 Å². The van der Waals surface area contributed by atoms with Crippen LogP contribution in [0.3, 0.4) is 0 Å². The van der Waals surface area contributed by atoms with Crippen LogP contribution >= 0.6 is 0 Å². The Hall–Kier alpha value is -3.43. The Morgan fingerprint density at radius 1 is 0.914 bits per heavy atom. The first-order valence-corrected chi connectivity index (χ1v) is 11.9. The number of carbonyl (C=O) groups excluding carboxylic acids is 2. The average molecular weight is 481 g/mol. The highest BCUT2D eigenvalue weighted by Gasteiger charge is 2.38. The van der Waals surface area contributed by atoms with Crippen LogP contribution in [0.2, 0.25) is 0 Å². The van der Waals surface area contributed by atoms with Gasteiger partial charge in [-0.05, 0) is 35.1 Å². The van der Waals surface area contributed by atoms with E-state index in [4.69, 9.17) is 14.2 Å². The molecule has 9 heteroatoms. The summed E-state index contributed by atoms with van der Waals surface area (Å²) in [7, 11) is 0. The largest absolute Gasteiger partial charge is 0.479 e. The fourth-order valence-electron chi connectivity index (χ4n) is 5.24. The molecule has 3 aliphatic rings. The van der Waals surface area contributed by atoms with E-state index in [0.29, 0.717) is 26.1 Å². The highest BCUT2D eigenvalue weighted by molar-refractivity contribution is 5.83. The first-order valence-electron chi connectivity index (χ1n) is 11.9. The second-order valence-corrected chi connectivity index (χ2v) is 9.08. The Bertz CT molecular complexity index is 1070. The Kier molecular flexibility index (Phi) is 6.70. The van der Waals surface area contributed by atoms with Crippen LogP contribution < -0.4 is 10.6 Å². The lowest BCUT2D eigenvalue weighted by atomic mass is 9.98. The fraction of sp³-hybridized carbons (Fsp3) is 0.423. The van der Waals surface area contributed by atoms with E-state index in [1.165, 1.54) is 0 Å². The van der Waals surface area contributed by atoms with Gasteiger partial charge in [-0.15, -0.1) is 0 Å². The average Bonchev–Trinajstić information content (AvgIpc) is 3.59. The van der Waals surface area contributed by atoms with E-state index in [0.717, 1.165) is 22.3 Å². The van der Waals surface area contributed by atoms with Crippen LogP contribution in [0.15, 0.2) is 48.5 Å². The summed E-state index contributed by atoms with van der Waals surface area (Å²) in [6.07, 6.45) is -1.34. The summed E-state index contributed by atoms with van der Waals surface area (Å²) < 4.78 is 16.4. The first-order chi connectivity index (χ1) is 17.0. The molecule has 0 aromatic heterocycles. The number of amides is 2. The minimum atomic E-state index is -1.03. The topological polar surface area (TPSA) is 123 Å². The number of carbonyl (C=O) groups is 3. The number of fused-ring (bicyclic) bond motifs is 3. The quantitative estimate of drug-likeness (QED) is 0.556. The highest BCUT2D eigenvalue weighted by atomic mass is 16.6. The standard InChI is InChI=1S/C26H28N2O7/c29-24(27-13-15-9-11-33-22(15)25(30)31)23-21(10-12-34-23)28-26(32)35-14-20-18-7-3-1-5-16(18)17-6-2-4-8-19(17)20/h1-8,15,20-23H,9-14H2,(H,27,29)(H,28,32)(H,30,31)/t15-,21?,22-,23?/m0/s1. The summed E-state index contributed by atoms with van der Waals surface area (Å²) in [4.78, 5) is 36.6. The molecule has 2 aromatic rings. The lowest BCUT2D eigenvalue weighted by molar-refractivity contribution is -0.149. The van der Waals surface area contributed by atoms with E-state index in [1.54, 1.807) is 0 Å². The third kappa shape index (κ3) is 4.74. The van der Waals surface area contributed by atoms with Crippen LogP contribution in [0.1, 0.15) is 29.9 Å². The smallest absolute Gasteiger partial charge is 0.407 e. The van der Waals surface area contributed by atoms with Gasteiger partial charge < -0.3 is 30.0 Å². The molecule has 1 aliphatic carbocycles. The Morgan fingerprint density at radius 3 is 2.23 bits per heavy atom. The van der Waals surface area contributed by atoms with Crippen molar-refractivity contribution < 1.29 is 33.7 Å². The molecule has 2 aromatic carbocycles. The Balaban J connectivity index is 1.15. The van der Waals surface area contributed by atoms with Gasteiger partial charge in [0, 0.05) is 31.6 Å². The van der Waals surface area contributed by atoms with E-state index in [1.807, 2.05) is 24.3 Å². The molecule has 2 aliphatic heterocycles. The molecule has 35 heavy (non-hydrogen) atoms. The van der Waals surface area contributed by atoms with Gasteiger partial charge >= 0.3 is 12.1 Å². The minimum Gasteiger partial charge on any atom is -0.479 e. The molecule has 5 rings (SSSR count). The van der Waals surface area contributed by atoms with E-state index >= 15 is 0 Å². The molecule has 2 saturated heterocycles. The molecule has 9 nitrogen and oxygen atoms in total. The molecule has 2 unspecified atom stereocenters. The summed E-state index contributed by atoms with van der Waals surface area (Å²) in [5.74, 6) is -1.77. The fourth-order valence-corrected chi connectivity index (χ4v) is 5.24. The lowest BCUT2D eigenvalue weighted by Gasteiger charge is -2.21. The van der Waals surface area contributed by atoms with Crippen LogP contribution in [0.5, 0.6) is 0 Å². The van der Waals surface area contributed by atoms with Crippen LogP contribution in [0.4, 0.5) is 4.79 Å². The molecular formula is C26H28N2O7. The number of nitrogens with one attached hydrogen (secondary N) is 2. The number of rotatable bonds is 7.